The predicted octanol–water partition coefficient (Wildman–Crippen LogP) is 0.286. The number of hydrogen-bond acceptors (Lipinski definition) is 3. The predicted molar refractivity (Wildman–Crippen MR) is 62.0 cm³/mol. The van der Waals surface area contributed by atoms with E-state index in [4.69, 9.17) is 11.6 Å². The Hall–Kier alpha value is -1.07. The van der Waals surface area contributed by atoms with Gasteiger partial charge in [-0.1, -0.05) is 11.6 Å². The van der Waals surface area contributed by atoms with Crippen LogP contribution in [0.15, 0.2) is 15.8 Å². The molecule has 88 valence electrons. The van der Waals surface area contributed by atoms with Crippen molar-refractivity contribution in [2.75, 3.05) is 19.6 Å². The molecule has 1 fully saturated rings. The lowest BCUT2D eigenvalue weighted by Gasteiger charge is -2.14. The number of nitrogens with zero attached hydrogens (tertiary/aromatic N) is 2. The first-order valence-electron chi connectivity index (χ1n) is 5.38. The highest BCUT2D eigenvalue weighted by molar-refractivity contribution is 6.30. The molecule has 2 heterocycles. The number of likely N-dealkylation sites (tertiary alicyclic amines) is 1. The van der Waals surface area contributed by atoms with Gasteiger partial charge in [0.15, 0.2) is 0 Å². The summed E-state index contributed by atoms with van der Waals surface area (Å²) >= 11 is 5.66. The van der Waals surface area contributed by atoms with Gasteiger partial charge in [0.25, 0.3) is 5.56 Å². The number of aromatic amines is 1. The third-order valence-corrected chi connectivity index (χ3v) is 3.09. The Kier molecular flexibility index (Phi) is 3.46. The maximum Gasteiger partial charge on any atom is 0.328 e. The van der Waals surface area contributed by atoms with Crippen LogP contribution in [0.3, 0.4) is 0 Å². The summed E-state index contributed by atoms with van der Waals surface area (Å²) in [7, 11) is 0. The second kappa shape index (κ2) is 4.84. The molecule has 0 spiro atoms. The van der Waals surface area contributed by atoms with Gasteiger partial charge < -0.3 is 4.90 Å². The highest BCUT2D eigenvalue weighted by Gasteiger charge is 2.11. The second-order valence-electron chi connectivity index (χ2n) is 3.98. The van der Waals surface area contributed by atoms with Crippen molar-refractivity contribution in [1.29, 1.82) is 0 Å². The van der Waals surface area contributed by atoms with Gasteiger partial charge in [-0.2, -0.15) is 0 Å². The Morgan fingerprint density at radius 3 is 2.62 bits per heavy atom. The molecule has 0 aliphatic carbocycles. The van der Waals surface area contributed by atoms with Gasteiger partial charge in [-0.25, -0.2) is 4.79 Å². The van der Waals surface area contributed by atoms with Crippen molar-refractivity contribution < 1.29 is 0 Å². The van der Waals surface area contributed by atoms with E-state index in [1.54, 1.807) is 0 Å². The van der Waals surface area contributed by atoms with Gasteiger partial charge in [-0.05, 0) is 25.9 Å². The summed E-state index contributed by atoms with van der Waals surface area (Å²) < 4.78 is 1.45. The maximum atomic E-state index is 11.4. The summed E-state index contributed by atoms with van der Waals surface area (Å²) in [6.45, 7) is 3.56. The standard InChI is InChI=1S/C10H14ClN3O2/c11-8-7-14(10(16)12-9(8)15)6-5-13-3-1-2-4-13/h7H,1-6H2,(H,12,15,16). The highest BCUT2D eigenvalue weighted by Crippen LogP contribution is 2.06. The average molecular weight is 244 g/mol. The topological polar surface area (TPSA) is 58.1 Å². The van der Waals surface area contributed by atoms with Gasteiger partial charge in [-0.3, -0.25) is 14.3 Å². The zero-order valence-electron chi connectivity index (χ0n) is 8.91. The molecule has 2 rings (SSSR count). The molecular formula is C10H14ClN3O2. The smallest absolute Gasteiger partial charge is 0.302 e. The van der Waals surface area contributed by atoms with Crippen LogP contribution in [0.2, 0.25) is 5.02 Å². The van der Waals surface area contributed by atoms with E-state index in [0.29, 0.717) is 6.54 Å². The molecule has 1 N–H and O–H groups in total. The molecule has 0 amide bonds. The van der Waals surface area contributed by atoms with E-state index in [-0.39, 0.29) is 5.02 Å². The molecule has 0 radical (unpaired) electrons. The minimum atomic E-state index is -0.524. The minimum absolute atomic E-state index is 0.0565. The van der Waals surface area contributed by atoms with E-state index in [0.717, 1.165) is 19.6 Å². The summed E-state index contributed by atoms with van der Waals surface area (Å²) in [6, 6.07) is 0. The van der Waals surface area contributed by atoms with Crippen molar-refractivity contribution in [2.24, 2.45) is 0 Å². The first-order chi connectivity index (χ1) is 7.66. The van der Waals surface area contributed by atoms with Gasteiger partial charge in [0.05, 0.1) is 0 Å². The molecule has 1 saturated heterocycles. The fourth-order valence-corrected chi connectivity index (χ4v) is 2.07. The molecule has 1 aliphatic heterocycles. The van der Waals surface area contributed by atoms with Crippen molar-refractivity contribution >= 4 is 11.6 Å². The van der Waals surface area contributed by atoms with Crippen LogP contribution in [0.25, 0.3) is 0 Å². The first kappa shape index (κ1) is 11.4. The highest BCUT2D eigenvalue weighted by atomic mass is 35.5. The fourth-order valence-electron chi connectivity index (χ4n) is 1.90. The SMILES string of the molecule is O=c1[nH]c(=O)n(CCN2CCCC2)cc1Cl. The Labute approximate surface area is 97.7 Å². The van der Waals surface area contributed by atoms with Gasteiger partial charge in [0.2, 0.25) is 0 Å². The van der Waals surface area contributed by atoms with Gasteiger partial charge in [0.1, 0.15) is 5.02 Å². The third-order valence-electron chi connectivity index (χ3n) is 2.82. The molecule has 0 bridgehead atoms. The van der Waals surface area contributed by atoms with E-state index in [1.807, 2.05) is 0 Å². The molecular weight excluding hydrogens is 230 g/mol. The number of aromatic nitrogens is 2. The average Bonchev–Trinajstić information content (AvgIpc) is 2.74. The van der Waals surface area contributed by atoms with Crippen LogP contribution < -0.4 is 11.2 Å². The number of hydrogen-bond donors (Lipinski definition) is 1. The Morgan fingerprint density at radius 2 is 1.94 bits per heavy atom. The molecule has 0 atom stereocenters. The van der Waals surface area contributed by atoms with Crippen molar-refractivity contribution in [3.8, 4) is 0 Å². The summed E-state index contributed by atoms with van der Waals surface area (Å²) in [5.74, 6) is 0. The number of halogens is 1. The molecule has 16 heavy (non-hydrogen) atoms. The van der Waals surface area contributed by atoms with Crippen LogP contribution in [0.5, 0.6) is 0 Å². The van der Waals surface area contributed by atoms with Crippen molar-refractivity contribution in [3.05, 3.63) is 32.1 Å². The molecule has 1 aromatic heterocycles. The monoisotopic (exact) mass is 243 g/mol. The lowest BCUT2D eigenvalue weighted by molar-refractivity contribution is 0.319. The lowest BCUT2D eigenvalue weighted by atomic mass is 10.4. The van der Waals surface area contributed by atoms with Crippen LogP contribution in [-0.2, 0) is 6.54 Å². The fraction of sp³-hybridized carbons (Fsp3) is 0.600. The van der Waals surface area contributed by atoms with Gasteiger partial charge in [0, 0.05) is 19.3 Å². The van der Waals surface area contributed by atoms with Crippen LogP contribution >= 0.6 is 11.6 Å². The third kappa shape index (κ3) is 2.54. The number of nitrogens with one attached hydrogen (secondary N) is 1. The zero-order valence-corrected chi connectivity index (χ0v) is 9.66. The van der Waals surface area contributed by atoms with E-state index in [9.17, 15) is 9.59 Å². The normalized spacial score (nSPS) is 16.8. The van der Waals surface area contributed by atoms with Crippen molar-refractivity contribution in [3.63, 3.8) is 0 Å². The van der Waals surface area contributed by atoms with Crippen LogP contribution in [0, 0.1) is 0 Å². The van der Waals surface area contributed by atoms with E-state index in [2.05, 4.69) is 9.88 Å². The van der Waals surface area contributed by atoms with E-state index < -0.39 is 11.2 Å². The summed E-state index contributed by atoms with van der Waals surface area (Å²) in [5, 5.41) is 0.0565. The number of rotatable bonds is 3. The summed E-state index contributed by atoms with van der Waals surface area (Å²) in [5.41, 5.74) is -0.919. The molecule has 6 heteroatoms. The molecule has 1 aliphatic rings. The maximum absolute atomic E-state index is 11.4. The molecule has 5 nitrogen and oxygen atoms in total. The van der Waals surface area contributed by atoms with Gasteiger partial charge in [-0.15, -0.1) is 0 Å². The van der Waals surface area contributed by atoms with E-state index >= 15 is 0 Å². The quantitative estimate of drug-likeness (QED) is 0.830. The molecule has 0 aromatic carbocycles. The van der Waals surface area contributed by atoms with Crippen LogP contribution in [-0.4, -0.2) is 34.1 Å². The zero-order chi connectivity index (χ0) is 11.5. The molecule has 1 aromatic rings. The van der Waals surface area contributed by atoms with Gasteiger partial charge >= 0.3 is 5.69 Å². The van der Waals surface area contributed by atoms with Crippen molar-refractivity contribution in [1.82, 2.24) is 14.5 Å². The Balaban J connectivity index is 2.06. The van der Waals surface area contributed by atoms with Crippen LogP contribution in [0.4, 0.5) is 0 Å². The lowest BCUT2D eigenvalue weighted by Crippen LogP contribution is -2.33. The van der Waals surface area contributed by atoms with Crippen molar-refractivity contribution in [2.45, 2.75) is 19.4 Å². The Morgan fingerprint density at radius 1 is 1.25 bits per heavy atom. The first-order valence-corrected chi connectivity index (χ1v) is 5.76. The molecule has 0 unspecified atom stereocenters. The Bertz CT molecular complexity index is 474. The second-order valence-corrected chi connectivity index (χ2v) is 4.39. The summed E-state index contributed by atoms with van der Waals surface area (Å²) in [4.78, 5) is 26.9. The largest absolute Gasteiger partial charge is 0.328 e. The van der Waals surface area contributed by atoms with E-state index in [1.165, 1.54) is 23.6 Å². The summed E-state index contributed by atoms with van der Waals surface area (Å²) in [6.07, 6.45) is 3.85. The number of H-pyrrole nitrogens is 1. The minimum Gasteiger partial charge on any atom is -0.302 e. The van der Waals surface area contributed by atoms with Crippen LogP contribution in [0.1, 0.15) is 12.8 Å². The molecule has 0 saturated carbocycles.